The van der Waals surface area contributed by atoms with Crippen LogP contribution in [0, 0.1) is 6.92 Å². The fraction of sp³-hybridized carbons (Fsp3) is 0.500. The predicted molar refractivity (Wildman–Crippen MR) is 78.0 cm³/mol. The maximum atomic E-state index is 11.9. The lowest BCUT2D eigenvalue weighted by atomic mass is 10.0. The highest BCUT2D eigenvalue weighted by Gasteiger charge is 2.18. The summed E-state index contributed by atoms with van der Waals surface area (Å²) in [6.45, 7) is 3.88. The zero-order valence-corrected chi connectivity index (χ0v) is 12.6. The molecule has 2 N–H and O–H groups in total. The lowest BCUT2D eigenvalue weighted by molar-refractivity contribution is -0.137. The highest BCUT2D eigenvalue weighted by molar-refractivity contribution is 7.89. The van der Waals surface area contributed by atoms with Gasteiger partial charge in [0.25, 0.3) is 0 Å². The van der Waals surface area contributed by atoms with E-state index in [4.69, 9.17) is 5.11 Å². The van der Waals surface area contributed by atoms with Gasteiger partial charge < -0.3 is 5.11 Å². The number of carbonyl (C=O) groups is 1. The van der Waals surface area contributed by atoms with Gasteiger partial charge in [-0.15, -0.1) is 0 Å². The van der Waals surface area contributed by atoms with Gasteiger partial charge in [0.15, 0.2) is 0 Å². The van der Waals surface area contributed by atoms with Crippen molar-refractivity contribution in [2.75, 3.05) is 5.75 Å². The molecule has 1 aromatic rings. The second-order valence-electron chi connectivity index (χ2n) is 4.81. The van der Waals surface area contributed by atoms with Gasteiger partial charge in [-0.05, 0) is 25.3 Å². The van der Waals surface area contributed by atoms with Crippen LogP contribution in [0.5, 0.6) is 0 Å². The quantitative estimate of drug-likeness (QED) is 0.771. The van der Waals surface area contributed by atoms with Crippen LogP contribution in [0.1, 0.15) is 43.4 Å². The minimum atomic E-state index is -3.46. The fourth-order valence-electron chi connectivity index (χ4n) is 1.87. The number of nitrogens with one attached hydrogen (secondary N) is 1. The Morgan fingerprint density at radius 1 is 1.30 bits per heavy atom. The first kappa shape index (κ1) is 16.7. The normalized spacial score (nSPS) is 13.1. The van der Waals surface area contributed by atoms with Crippen molar-refractivity contribution in [2.45, 2.75) is 39.2 Å². The van der Waals surface area contributed by atoms with Gasteiger partial charge in [-0.25, -0.2) is 13.1 Å². The van der Waals surface area contributed by atoms with Crippen molar-refractivity contribution in [1.29, 1.82) is 0 Å². The molecular weight excluding hydrogens is 278 g/mol. The Hall–Kier alpha value is -1.40. The van der Waals surface area contributed by atoms with Crippen LogP contribution in [0.25, 0.3) is 0 Å². The molecule has 0 spiro atoms. The van der Waals surface area contributed by atoms with Gasteiger partial charge >= 0.3 is 5.97 Å². The van der Waals surface area contributed by atoms with Crippen molar-refractivity contribution < 1.29 is 18.3 Å². The lowest BCUT2D eigenvalue weighted by Crippen LogP contribution is -2.30. The molecule has 0 saturated carbocycles. The zero-order valence-electron chi connectivity index (χ0n) is 11.8. The number of aliphatic carboxylic acids is 1. The molecule has 0 aliphatic rings. The third-order valence-electron chi connectivity index (χ3n) is 3.01. The summed E-state index contributed by atoms with van der Waals surface area (Å²) in [6, 6.07) is 7.42. The van der Waals surface area contributed by atoms with Crippen molar-refractivity contribution >= 4 is 16.0 Å². The molecular formula is C14H21NO4S. The summed E-state index contributed by atoms with van der Waals surface area (Å²) in [7, 11) is -3.46. The topological polar surface area (TPSA) is 83.5 Å². The van der Waals surface area contributed by atoms with Crippen LogP contribution in [-0.4, -0.2) is 25.2 Å². The second kappa shape index (κ2) is 7.40. The number of rotatable bonds is 8. The number of carboxylic acids is 1. The van der Waals surface area contributed by atoms with Crippen LogP contribution in [0.15, 0.2) is 24.3 Å². The van der Waals surface area contributed by atoms with E-state index in [0.717, 1.165) is 11.1 Å². The zero-order chi connectivity index (χ0) is 15.2. The van der Waals surface area contributed by atoms with Crippen molar-refractivity contribution in [3.05, 3.63) is 35.4 Å². The summed E-state index contributed by atoms with van der Waals surface area (Å²) in [6.07, 6.45) is 0.623. The first-order valence-corrected chi connectivity index (χ1v) is 8.27. The maximum Gasteiger partial charge on any atom is 0.303 e. The Morgan fingerprint density at radius 3 is 2.40 bits per heavy atom. The Balaban J connectivity index is 2.67. The number of aryl methyl sites for hydroxylation is 1. The van der Waals surface area contributed by atoms with E-state index >= 15 is 0 Å². The van der Waals surface area contributed by atoms with Crippen LogP contribution < -0.4 is 4.72 Å². The number of hydrogen-bond donors (Lipinski definition) is 2. The van der Waals surface area contributed by atoms with Gasteiger partial charge in [-0.1, -0.05) is 36.8 Å². The summed E-state index contributed by atoms with van der Waals surface area (Å²) in [4.78, 5) is 10.4. The first-order chi connectivity index (χ1) is 9.34. The van der Waals surface area contributed by atoms with Crippen LogP contribution in [0.4, 0.5) is 0 Å². The molecule has 1 unspecified atom stereocenters. The van der Waals surface area contributed by atoms with Crippen molar-refractivity contribution in [3.63, 3.8) is 0 Å². The third-order valence-corrected chi connectivity index (χ3v) is 4.48. The molecule has 0 amide bonds. The molecule has 6 heteroatoms. The molecule has 0 aliphatic heterocycles. The average Bonchev–Trinajstić information content (AvgIpc) is 2.36. The van der Waals surface area contributed by atoms with Crippen molar-refractivity contribution in [1.82, 2.24) is 4.72 Å². The number of hydrogen-bond acceptors (Lipinski definition) is 3. The van der Waals surface area contributed by atoms with E-state index in [2.05, 4.69) is 4.72 Å². The summed E-state index contributed by atoms with van der Waals surface area (Å²) < 4.78 is 26.5. The smallest absolute Gasteiger partial charge is 0.303 e. The number of carboxylic acid groups (broad SMARTS) is 1. The number of sulfonamides is 1. The summed E-state index contributed by atoms with van der Waals surface area (Å²) in [5.74, 6) is -1.15. The van der Waals surface area contributed by atoms with Crippen LogP contribution in [-0.2, 0) is 14.8 Å². The van der Waals surface area contributed by atoms with Crippen LogP contribution in [0.3, 0.4) is 0 Å². The van der Waals surface area contributed by atoms with Crippen LogP contribution >= 0.6 is 0 Å². The highest BCUT2D eigenvalue weighted by atomic mass is 32.2. The van der Waals surface area contributed by atoms with E-state index in [9.17, 15) is 13.2 Å². The molecule has 5 nitrogen and oxygen atoms in total. The first-order valence-electron chi connectivity index (χ1n) is 6.62. The van der Waals surface area contributed by atoms with Gasteiger partial charge in [-0.3, -0.25) is 4.79 Å². The Kier molecular flexibility index (Phi) is 6.16. The Bertz CT molecular complexity index is 537. The second-order valence-corrected chi connectivity index (χ2v) is 6.68. The van der Waals surface area contributed by atoms with Gasteiger partial charge in [0.2, 0.25) is 10.0 Å². The van der Waals surface area contributed by atoms with Gasteiger partial charge in [0.1, 0.15) is 0 Å². The molecule has 0 saturated heterocycles. The summed E-state index contributed by atoms with van der Waals surface area (Å²) in [5, 5.41) is 8.53. The van der Waals surface area contributed by atoms with E-state index in [0.29, 0.717) is 6.42 Å². The van der Waals surface area contributed by atoms with E-state index in [1.165, 1.54) is 0 Å². The summed E-state index contributed by atoms with van der Waals surface area (Å²) in [5.41, 5.74) is 2.04. The molecule has 1 aromatic carbocycles. The molecule has 0 aliphatic carbocycles. The molecule has 0 heterocycles. The molecule has 1 rings (SSSR count). The molecule has 0 fully saturated rings. The molecule has 20 heavy (non-hydrogen) atoms. The molecule has 1 atom stereocenters. The predicted octanol–water partition coefficient (Wildman–Crippen LogP) is 2.23. The Labute approximate surface area is 120 Å². The van der Waals surface area contributed by atoms with E-state index in [1.54, 1.807) is 0 Å². The monoisotopic (exact) mass is 299 g/mol. The van der Waals surface area contributed by atoms with Crippen molar-refractivity contribution in [3.8, 4) is 0 Å². The van der Waals surface area contributed by atoms with Crippen LogP contribution in [0.2, 0.25) is 0 Å². The largest absolute Gasteiger partial charge is 0.481 e. The highest BCUT2D eigenvalue weighted by Crippen LogP contribution is 2.18. The Morgan fingerprint density at radius 2 is 1.90 bits per heavy atom. The van der Waals surface area contributed by atoms with Gasteiger partial charge in [0.05, 0.1) is 5.75 Å². The summed E-state index contributed by atoms with van der Waals surface area (Å²) >= 11 is 0. The van der Waals surface area contributed by atoms with E-state index in [-0.39, 0.29) is 24.6 Å². The van der Waals surface area contributed by atoms with Gasteiger partial charge in [-0.2, -0.15) is 0 Å². The number of benzene rings is 1. The molecule has 0 radical (unpaired) electrons. The minimum Gasteiger partial charge on any atom is -0.481 e. The maximum absolute atomic E-state index is 11.9. The SMILES string of the molecule is CCC(NS(=O)(=O)CCCC(=O)O)c1ccc(C)cc1. The molecule has 0 aromatic heterocycles. The lowest BCUT2D eigenvalue weighted by Gasteiger charge is -2.17. The molecule has 112 valence electrons. The van der Waals surface area contributed by atoms with E-state index in [1.807, 2.05) is 38.1 Å². The van der Waals surface area contributed by atoms with E-state index < -0.39 is 16.0 Å². The van der Waals surface area contributed by atoms with Crippen molar-refractivity contribution in [2.24, 2.45) is 0 Å². The standard InChI is InChI=1S/C14H21NO4S/c1-3-13(12-8-6-11(2)7-9-12)15-20(18,19)10-4-5-14(16)17/h6-9,13,15H,3-5,10H2,1-2H3,(H,16,17). The van der Waals surface area contributed by atoms with Gasteiger partial charge in [0, 0.05) is 12.5 Å². The molecule has 0 bridgehead atoms. The minimum absolute atomic E-state index is 0.120. The average molecular weight is 299 g/mol. The fourth-order valence-corrected chi connectivity index (χ4v) is 3.25. The third kappa shape index (κ3) is 5.71.